The minimum Gasteiger partial charge on any atom is -0.309 e. The Hall–Kier alpha value is -5.00. The first-order valence-corrected chi connectivity index (χ1v) is 32.4. The second kappa shape index (κ2) is 20.0. The minimum atomic E-state index is -1.42. The number of halogens is 4. The van der Waals surface area contributed by atoms with Gasteiger partial charge in [-0.1, -0.05) is 124 Å². The molecule has 0 radical (unpaired) electrons. The number of anilines is 6. The molecule has 0 spiro atoms. The summed E-state index contributed by atoms with van der Waals surface area (Å²) in [5.74, 6) is -0.249. The molecule has 346 valence electrons. The molecular weight excluding hydrogens is 1220 g/mol. The summed E-state index contributed by atoms with van der Waals surface area (Å²) in [5, 5.41) is 15.1. The molecule has 0 aliphatic rings. The Balaban J connectivity index is 0.958. The van der Waals surface area contributed by atoms with E-state index in [4.69, 9.17) is 0 Å². The van der Waals surface area contributed by atoms with Crippen molar-refractivity contribution in [3.63, 3.8) is 0 Å². The van der Waals surface area contributed by atoms with Crippen LogP contribution in [0.15, 0.2) is 176 Å². The molecule has 0 saturated heterocycles. The second-order valence-corrected chi connectivity index (χ2v) is 30.7. The van der Waals surface area contributed by atoms with E-state index in [0.717, 1.165) is 73.8 Å². The van der Waals surface area contributed by atoms with Crippen molar-refractivity contribution in [3.05, 3.63) is 198 Å². The van der Waals surface area contributed by atoms with Gasteiger partial charge in [-0.25, -0.2) is 4.39 Å². The molecule has 0 aliphatic heterocycles. The first-order chi connectivity index (χ1) is 33.0. The lowest BCUT2D eigenvalue weighted by Crippen LogP contribution is -2.37. The number of fused-ring (bicyclic) bond motifs is 3. The molecule has 1 aromatic heterocycles. The van der Waals surface area contributed by atoms with Crippen LogP contribution in [0.25, 0.3) is 38.6 Å². The summed E-state index contributed by atoms with van der Waals surface area (Å²) in [6, 6.07) is 63.8. The van der Waals surface area contributed by atoms with E-state index in [1.54, 1.807) is 6.07 Å². The van der Waals surface area contributed by atoms with E-state index in [-0.39, 0.29) is 11.2 Å². The van der Waals surface area contributed by atoms with E-state index in [0.29, 0.717) is 11.1 Å². The van der Waals surface area contributed by atoms with E-state index in [1.807, 2.05) is 30.3 Å². The number of hydrogen-bond acceptors (Lipinski definition) is 4. The topological polar surface area (TPSA) is 38.4 Å². The SMILES string of the molecule is C[SiH](C)c1ccc(N(I)c2ccc(C#N)cc2CC(C)(C)c2ccc(N(I)c3ccc4c(c3)c3ccccc3n4-c3ccc(-c4cc(N(I)c5ccc([Si](C)(C)C)cc5)ccc4F)cc3)cc2)cc1. The van der Waals surface area contributed by atoms with Crippen LogP contribution in [0.5, 0.6) is 0 Å². The van der Waals surface area contributed by atoms with Crippen molar-refractivity contribution < 1.29 is 4.39 Å². The molecule has 0 unspecified atom stereocenters. The van der Waals surface area contributed by atoms with Crippen LogP contribution in [0.3, 0.4) is 0 Å². The van der Waals surface area contributed by atoms with Gasteiger partial charge in [-0.2, -0.15) is 5.26 Å². The number of nitrogens with zero attached hydrogens (tertiary/aromatic N) is 5. The molecule has 9 rings (SSSR count). The summed E-state index contributed by atoms with van der Waals surface area (Å²) in [4.78, 5) is 0. The molecular formula is C58H53FI3N5Si2. The lowest BCUT2D eigenvalue weighted by Gasteiger charge is -2.29. The van der Waals surface area contributed by atoms with Crippen molar-refractivity contribution in [1.82, 2.24) is 4.57 Å². The first-order valence-electron chi connectivity index (χ1n) is 23.2. The molecule has 5 nitrogen and oxygen atoms in total. The maximum absolute atomic E-state index is 15.6. The fourth-order valence-corrected chi connectivity index (χ4v) is 13.3. The zero-order valence-corrected chi connectivity index (χ0v) is 48.4. The van der Waals surface area contributed by atoms with Crippen molar-refractivity contribution in [2.75, 3.05) is 9.34 Å². The fourth-order valence-electron chi connectivity index (χ4n) is 9.14. The number of rotatable bonds is 13. The molecule has 0 amide bonds. The molecule has 0 atom stereocenters. The molecule has 1 heterocycles. The lowest BCUT2D eigenvalue weighted by molar-refractivity contribution is 0.523. The van der Waals surface area contributed by atoms with Gasteiger partial charge in [0.2, 0.25) is 0 Å². The Bertz CT molecular complexity index is 3360. The average Bonchev–Trinajstić information content (AvgIpc) is 3.69. The number of para-hydroxylation sites is 1. The van der Waals surface area contributed by atoms with Crippen LogP contribution in [0.1, 0.15) is 30.5 Å². The van der Waals surface area contributed by atoms with Crippen molar-refractivity contribution in [2.24, 2.45) is 0 Å². The van der Waals surface area contributed by atoms with Crippen LogP contribution in [-0.4, -0.2) is 21.4 Å². The van der Waals surface area contributed by atoms with Crippen LogP contribution >= 0.6 is 68.6 Å². The van der Waals surface area contributed by atoms with Gasteiger partial charge in [-0.15, -0.1) is 0 Å². The summed E-state index contributed by atoms with van der Waals surface area (Å²) in [6.45, 7) is 16.3. The molecule has 0 fully saturated rings. The quantitative estimate of drug-likeness (QED) is 0.0655. The third kappa shape index (κ3) is 10.1. The van der Waals surface area contributed by atoms with Gasteiger partial charge in [-0.3, -0.25) is 9.34 Å². The third-order valence-corrected chi connectivity index (χ3v) is 20.3. The largest absolute Gasteiger partial charge is 0.309 e. The second-order valence-electron chi connectivity index (χ2n) is 19.7. The van der Waals surface area contributed by atoms with E-state index in [2.05, 4.69) is 275 Å². The highest BCUT2D eigenvalue weighted by molar-refractivity contribution is 14.1. The van der Waals surface area contributed by atoms with Gasteiger partial charge in [0.1, 0.15) is 5.82 Å². The van der Waals surface area contributed by atoms with Gasteiger partial charge in [0.25, 0.3) is 0 Å². The molecule has 0 aliphatic carbocycles. The van der Waals surface area contributed by atoms with E-state index >= 15 is 4.39 Å². The van der Waals surface area contributed by atoms with Crippen molar-refractivity contribution >= 4 is 152 Å². The molecule has 0 saturated carbocycles. The van der Waals surface area contributed by atoms with E-state index < -0.39 is 16.9 Å². The van der Waals surface area contributed by atoms with Crippen LogP contribution in [0.4, 0.5) is 38.5 Å². The predicted molar refractivity (Wildman–Crippen MR) is 323 cm³/mol. The minimum absolute atomic E-state index is 0.212. The monoisotopic (exact) mass is 1280 g/mol. The van der Waals surface area contributed by atoms with Crippen molar-refractivity contribution in [3.8, 4) is 22.9 Å². The summed E-state index contributed by atoms with van der Waals surface area (Å²) in [6.07, 6.45) is 0.765. The number of nitriles is 1. The average molecular weight is 1280 g/mol. The zero-order chi connectivity index (χ0) is 48.8. The van der Waals surface area contributed by atoms with E-state index in [1.165, 1.54) is 21.3 Å². The Morgan fingerprint density at radius 2 is 1.17 bits per heavy atom. The van der Waals surface area contributed by atoms with Crippen LogP contribution in [0, 0.1) is 17.1 Å². The van der Waals surface area contributed by atoms with Gasteiger partial charge in [0, 0.05) is 22.0 Å². The fraction of sp³-hybridized carbons (Fsp3) is 0.155. The maximum Gasteiger partial charge on any atom is 0.131 e. The summed E-state index contributed by atoms with van der Waals surface area (Å²) >= 11 is 7.13. The number of aromatic nitrogens is 1. The molecule has 11 heteroatoms. The van der Waals surface area contributed by atoms with E-state index in [9.17, 15) is 5.26 Å². The molecule has 69 heavy (non-hydrogen) atoms. The highest BCUT2D eigenvalue weighted by Gasteiger charge is 2.26. The maximum atomic E-state index is 15.6. The van der Waals surface area contributed by atoms with Gasteiger partial charge in [-0.05, 0) is 138 Å². The third-order valence-electron chi connectivity index (χ3n) is 13.2. The molecule has 8 aromatic carbocycles. The molecule has 0 bridgehead atoms. The first kappa shape index (κ1) is 49.0. The summed E-state index contributed by atoms with van der Waals surface area (Å²) in [7, 11) is -2.31. The highest BCUT2D eigenvalue weighted by atomic mass is 127. The van der Waals surface area contributed by atoms with Gasteiger partial charge >= 0.3 is 0 Å². The summed E-state index contributed by atoms with van der Waals surface area (Å²) in [5.41, 5.74) is 13.8. The zero-order valence-electron chi connectivity index (χ0n) is 39.8. The lowest BCUT2D eigenvalue weighted by atomic mass is 9.78. The number of benzene rings is 8. The van der Waals surface area contributed by atoms with Crippen molar-refractivity contribution in [1.29, 1.82) is 5.26 Å². The Morgan fingerprint density at radius 1 is 0.609 bits per heavy atom. The smallest absolute Gasteiger partial charge is 0.131 e. The molecule has 9 aromatic rings. The van der Waals surface area contributed by atoms with Gasteiger partial charge < -0.3 is 4.57 Å². The standard InChI is InChI=1S/C58H53FI3N5Si2/c1-58(2,37-41-34-39(38-63)12-32-55(41)67(62)46-21-27-49(28-22-46)68(3)4)42-15-19-44(20-16-42)65(60)48-26-33-57-53(36-48)51-10-8-9-11-56(51)64(57)43-17-13-40(14-18-43)52-35-47(25-31-54(52)59)66(61)45-23-29-50(30-24-45)69(5,6)7/h8-36,68H,37H2,1-7H3. The number of hydrogen-bond donors (Lipinski definition) is 0. The Morgan fingerprint density at radius 3 is 1.81 bits per heavy atom. The molecule has 0 N–H and O–H groups in total. The van der Waals surface area contributed by atoms with Gasteiger partial charge in [0.15, 0.2) is 0 Å². The van der Waals surface area contributed by atoms with Crippen LogP contribution < -0.4 is 19.7 Å². The normalized spacial score (nSPS) is 11.9. The predicted octanol–water partition coefficient (Wildman–Crippen LogP) is 16.7. The Labute approximate surface area is 450 Å². The van der Waals surface area contributed by atoms with Gasteiger partial charge in [0.05, 0.1) is 142 Å². The van der Waals surface area contributed by atoms with Crippen molar-refractivity contribution in [2.45, 2.75) is 58.4 Å². The Kier molecular flexibility index (Phi) is 14.2. The van der Waals surface area contributed by atoms with Crippen LogP contribution in [-0.2, 0) is 11.8 Å². The summed E-state index contributed by atoms with van der Waals surface area (Å²) < 4.78 is 24.4. The highest BCUT2D eigenvalue weighted by Crippen LogP contribution is 2.41. The van der Waals surface area contributed by atoms with Crippen LogP contribution in [0.2, 0.25) is 32.7 Å².